The van der Waals surface area contributed by atoms with E-state index in [9.17, 15) is 0 Å². The van der Waals surface area contributed by atoms with Gasteiger partial charge < -0.3 is 9.47 Å². The summed E-state index contributed by atoms with van der Waals surface area (Å²) in [5.41, 5.74) is 0. The van der Waals surface area contributed by atoms with E-state index in [0.29, 0.717) is 28.7 Å². The molecule has 118 valence electrons. The van der Waals surface area contributed by atoms with E-state index < -0.39 is 0 Å². The number of ether oxygens (including phenoxy) is 2. The Hall–Kier alpha value is -0.890. The Kier molecular flexibility index (Phi) is 5.18. The van der Waals surface area contributed by atoms with Crippen LogP contribution < -0.4 is 4.74 Å². The second kappa shape index (κ2) is 7.12. The predicted molar refractivity (Wildman–Crippen MR) is 89.9 cm³/mol. The second-order valence-electron chi connectivity index (χ2n) is 5.05. The van der Waals surface area contributed by atoms with Crippen LogP contribution in [0.4, 0.5) is 0 Å². The molecule has 1 aromatic carbocycles. The van der Waals surface area contributed by atoms with Gasteiger partial charge in [-0.05, 0) is 43.3 Å². The lowest BCUT2D eigenvalue weighted by molar-refractivity contribution is 0.0949. The van der Waals surface area contributed by atoms with Gasteiger partial charge in [-0.2, -0.15) is 5.10 Å². The van der Waals surface area contributed by atoms with Gasteiger partial charge in [-0.25, -0.2) is 0 Å². The third-order valence-corrected chi connectivity index (χ3v) is 4.60. The zero-order chi connectivity index (χ0) is 15.5. The van der Waals surface area contributed by atoms with Gasteiger partial charge in [0, 0.05) is 11.1 Å². The van der Waals surface area contributed by atoms with Gasteiger partial charge >= 0.3 is 0 Å². The summed E-state index contributed by atoms with van der Waals surface area (Å²) < 4.78 is 14.8. The number of nitrogens with zero attached hydrogens (tertiary/aromatic N) is 2. The molecule has 0 saturated carbocycles. The zero-order valence-corrected chi connectivity index (χ0v) is 14.9. The van der Waals surface area contributed by atoms with Gasteiger partial charge in [-0.3, -0.25) is 9.67 Å². The van der Waals surface area contributed by atoms with Gasteiger partial charge in [-0.15, -0.1) is 0 Å². The van der Waals surface area contributed by atoms with Crippen molar-refractivity contribution in [2.45, 2.75) is 32.1 Å². The molecule has 1 saturated heterocycles. The second-order valence-corrected chi connectivity index (χ2v) is 6.76. The number of hydrogen-bond acceptors (Lipinski definition) is 4. The number of aromatic amines is 1. The Balaban J connectivity index is 1.71. The van der Waals surface area contributed by atoms with Gasteiger partial charge in [0.2, 0.25) is 0 Å². The molecule has 1 aliphatic rings. The number of H-pyrrole nitrogens is 1. The fraction of sp³-hybridized carbons (Fsp3) is 0.429. The molecular weight excluding hydrogens is 390 g/mol. The molecule has 3 rings (SSSR count). The fourth-order valence-electron chi connectivity index (χ4n) is 2.38. The third-order valence-electron chi connectivity index (χ3n) is 3.50. The molecule has 8 heteroatoms. The van der Waals surface area contributed by atoms with E-state index >= 15 is 0 Å². The topological polar surface area (TPSA) is 52.1 Å². The number of halogens is 2. The maximum absolute atomic E-state index is 6.15. The van der Waals surface area contributed by atoms with Gasteiger partial charge in [0.25, 0.3) is 0 Å². The quantitative estimate of drug-likeness (QED) is 0.762. The lowest BCUT2D eigenvalue weighted by atomic mass is 10.2. The standard InChI is InChI=1S/C14H15BrClN3O2S/c15-9-3-4-12(11(16)6-9)21-8-13-17-18-14(22)19(13)7-10-2-1-5-20-10/h3-4,6,10H,1-2,5,7-8H2,(H,18,22). The number of nitrogens with one attached hydrogen (secondary N) is 1. The van der Waals surface area contributed by atoms with Gasteiger partial charge in [0.15, 0.2) is 10.6 Å². The van der Waals surface area contributed by atoms with E-state index in [1.54, 1.807) is 6.07 Å². The highest BCUT2D eigenvalue weighted by atomic mass is 79.9. The monoisotopic (exact) mass is 403 g/mol. The summed E-state index contributed by atoms with van der Waals surface area (Å²) in [5.74, 6) is 1.35. The minimum atomic E-state index is 0.194. The lowest BCUT2D eigenvalue weighted by Crippen LogP contribution is -2.18. The molecule has 1 fully saturated rings. The Morgan fingerprint density at radius 1 is 1.55 bits per heavy atom. The van der Waals surface area contributed by atoms with Crippen LogP contribution in [-0.2, 0) is 17.9 Å². The number of aromatic nitrogens is 3. The normalized spacial score (nSPS) is 17.8. The molecule has 2 heterocycles. The van der Waals surface area contributed by atoms with E-state index in [0.717, 1.165) is 29.7 Å². The maximum atomic E-state index is 6.15. The summed E-state index contributed by atoms with van der Waals surface area (Å²) >= 11 is 14.8. The summed E-state index contributed by atoms with van der Waals surface area (Å²) in [4.78, 5) is 0. The molecule has 22 heavy (non-hydrogen) atoms. The van der Waals surface area contributed by atoms with Crippen molar-refractivity contribution >= 4 is 39.7 Å². The SMILES string of the molecule is S=c1[nH]nc(COc2ccc(Br)cc2Cl)n1CC1CCCO1. The summed E-state index contributed by atoms with van der Waals surface area (Å²) in [7, 11) is 0. The maximum Gasteiger partial charge on any atom is 0.195 e. The van der Waals surface area contributed by atoms with Crippen molar-refractivity contribution < 1.29 is 9.47 Å². The molecule has 0 radical (unpaired) electrons. The van der Waals surface area contributed by atoms with E-state index in [1.807, 2.05) is 16.7 Å². The van der Waals surface area contributed by atoms with E-state index in [-0.39, 0.29) is 6.10 Å². The summed E-state index contributed by atoms with van der Waals surface area (Å²) in [5, 5.41) is 7.59. The van der Waals surface area contributed by atoms with Crippen molar-refractivity contribution in [3.05, 3.63) is 38.3 Å². The fourth-order valence-corrected chi connectivity index (χ4v) is 3.33. The number of rotatable bonds is 5. The van der Waals surface area contributed by atoms with Crippen LogP contribution in [0.5, 0.6) is 5.75 Å². The van der Waals surface area contributed by atoms with Crippen molar-refractivity contribution in [1.29, 1.82) is 0 Å². The Bertz CT molecular complexity index is 712. The minimum absolute atomic E-state index is 0.194. The Labute approximate surface area is 146 Å². The van der Waals surface area contributed by atoms with Crippen molar-refractivity contribution in [1.82, 2.24) is 14.8 Å². The molecule has 1 unspecified atom stereocenters. The minimum Gasteiger partial charge on any atom is -0.484 e. The van der Waals surface area contributed by atoms with Crippen LogP contribution in [0.2, 0.25) is 5.02 Å². The molecule has 0 aliphatic carbocycles. The van der Waals surface area contributed by atoms with Crippen LogP contribution >= 0.6 is 39.7 Å². The average Bonchev–Trinajstić information content (AvgIpc) is 3.11. The predicted octanol–water partition coefficient (Wildman–Crippen LogP) is 4.11. The van der Waals surface area contributed by atoms with Gasteiger partial charge in [0.05, 0.1) is 17.7 Å². The van der Waals surface area contributed by atoms with Crippen molar-refractivity contribution in [2.24, 2.45) is 0 Å². The average molecular weight is 405 g/mol. The van der Waals surface area contributed by atoms with Crippen molar-refractivity contribution in [2.75, 3.05) is 6.61 Å². The molecule has 0 amide bonds. The van der Waals surface area contributed by atoms with Crippen LogP contribution in [0.3, 0.4) is 0 Å². The Morgan fingerprint density at radius 2 is 2.41 bits per heavy atom. The highest BCUT2D eigenvalue weighted by Crippen LogP contribution is 2.28. The molecule has 1 N–H and O–H groups in total. The summed E-state index contributed by atoms with van der Waals surface area (Å²) in [6.07, 6.45) is 2.33. The first-order valence-corrected chi connectivity index (χ1v) is 8.55. The van der Waals surface area contributed by atoms with E-state index in [2.05, 4.69) is 26.1 Å². The van der Waals surface area contributed by atoms with E-state index in [4.69, 9.17) is 33.3 Å². The van der Waals surface area contributed by atoms with Crippen LogP contribution in [0.1, 0.15) is 18.7 Å². The molecule has 1 aliphatic heterocycles. The lowest BCUT2D eigenvalue weighted by Gasteiger charge is -2.13. The Morgan fingerprint density at radius 3 is 3.14 bits per heavy atom. The molecule has 1 atom stereocenters. The van der Waals surface area contributed by atoms with Crippen molar-refractivity contribution in [3.63, 3.8) is 0 Å². The highest BCUT2D eigenvalue weighted by Gasteiger charge is 2.19. The van der Waals surface area contributed by atoms with Crippen LogP contribution in [-0.4, -0.2) is 27.5 Å². The zero-order valence-electron chi connectivity index (χ0n) is 11.7. The highest BCUT2D eigenvalue weighted by molar-refractivity contribution is 9.10. The summed E-state index contributed by atoms with van der Waals surface area (Å²) in [6, 6.07) is 5.49. The van der Waals surface area contributed by atoms with Crippen LogP contribution in [0.25, 0.3) is 0 Å². The van der Waals surface area contributed by atoms with E-state index in [1.165, 1.54) is 0 Å². The molecule has 0 spiro atoms. The van der Waals surface area contributed by atoms with Gasteiger partial charge in [0.1, 0.15) is 12.4 Å². The molecule has 1 aromatic heterocycles. The first-order chi connectivity index (χ1) is 10.6. The van der Waals surface area contributed by atoms with Gasteiger partial charge in [-0.1, -0.05) is 27.5 Å². The number of hydrogen-bond donors (Lipinski definition) is 1. The van der Waals surface area contributed by atoms with Crippen molar-refractivity contribution in [3.8, 4) is 5.75 Å². The van der Waals surface area contributed by atoms with Crippen LogP contribution in [0.15, 0.2) is 22.7 Å². The first-order valence-electron chi connectivity index (χ1n) is 6.97. The number of benzene rings is 1. The third kappa shape index (κ3) is 3.71. The molecule has 5 nitrogen and oxygen atoms in total. The smallest absolute Gasteiger partial charge is 0.195 e. The molecule has 2 aromatic rings. The largest absolute Gasteiger partial charge is 0.484 e. The summed E-state index contributed by atoms with van der Waals surface area (Å²) in [6.45, 7) is 1.81. The first kappa shape index (κ1) is 16.0. The van der Waals surface area contributed by atoms with Crippen LogP contribution in [0, 0.1) is 4.77 Å². The molecule has 0 bridgehead atoms. The molecular formula is C14H15BrClN3O2S.